The molecule has 144 valence electrons. The van der Waals surface area contributed by atoms with E-state index >= 15 is 0 Å². The molecule has 7 N–H and O–H groups in total. The second kappa shape index (κ2) is 11.7. The fourth-order valence-corrected chi connectivity index (χ4v) is 2.04. The maximum Gasteiger partial charge on any atom is 0.326 e. The molecular formula is C14H26N4O6S. The zero-order chi connectivity index (χ0) is 19.6. The summed E-state index contributed by atoms with van der Waals surface area (Å²) in [5.74, 6) is -3.26. The summed E-state index contributed by atoms with van der Waals surface area (Å²) in [7, 11) is 0. The highest BCUT2D eigenvalue weighted by Gasteiger charge is 2.26. The summed E-state index contributed by atoms with van der Waals surface area (Å²) in [5.41, 5.74) is 5.28. The average Bonchev–Trinajstić information content (AvgIpc) is 2.55. The first-order valence-corrected chi connectivity index (χ1v) is 8.33. The smallest absolute Gasteiger partial charge is 0.326 e. The zero-order valence-electron chi connectivity index (χ0n) is 14.2. The number of thiol groups is 1. The van der Waals surface area contributed by atoms with E-state index in [0.717, 1.165) is 0 Å². The van der Waals surface area contributed by atoms with Gasteiger partial charge in [-0.3, -0.25) is 14.4 Å². The minimum absolute atomic E-state index is 0.0522. The van der Waals surface area contributed by atoms with Crippen LogP contribution in [0.4, 0.5) is 0 Å². The van der Waals surface area contributed by atoms with Crippen LogP contribution in [0.5, 0.6) is 0 Å². The summed E-state index contributed by atoms with van der Waals surface area (Å²) in [4.78, 5) is 46.4. The lowest BCUT2D eigenvalue weighted by atomic mass is 10.0. The Kier molecular flexibility index (Phi) is 10.8. The highest BCUT2D eigenvalue weighted by molar-refractivity contribution is 7.80. The molecule has 10 nitrogen and oxygen atoms in total. The van der Waals surface area contributed by atoms with E-state index in [2.05, 4.69) is 28.6 Å². The number of aliphatic carboxylic acids is 1. The molecule has 3 amide bonds. The van der Waals surface area contributed by atoms with Gasteiger partial charge in [-0.25, -0.2) is 4.79 Å². The first-order valence-electron chi connectivity index (χ1n) is 7.69. The molecule has 0 fully saturated rings. The molecule has 0 rings (SSSR count). The number of aliphatic hydroxyl groups excluding tert-OH is 1. The topological polar surface area (TPSA) is 171 Å². The molecule has 0 radical (unpaired) electrons. The van der Waals surface area contributed by atoms with Crippen molar-refractivity contribution >= 4 is 36.3 Å². The first kappa shape index (κ1) is 23.1. The van der Waals surface area contributed by atoms with Gasteiger partial charge in [-0.2, -0.15) is 12.6 Å². The van der Waals surface area contributed by atoms with Crippen molar-refractivity contribution in [3.8, 4) is 0 Å². The van der Waals surface area contributed by atoms with Gasteiger partial charge in [0.2, 0.25) is 17.7 Å². The van der Waals surface area contributed by atoms with Crippen molar-refractivity contribution < 1.29 is 29.4 Å². The lowest BCUT2D eigenvalue weighted by Gasteiger charge is -2.21. The summed E-state index contributed by atoms with van der Waals surface area (Å²) >= 11 is 3.97. The van der Waals surface area contributed by atoms with Gasteiger partial charge < -0.3 is 31.9 Å². The van der Waals surface area contributed by atoms with Gasteiger partial charge in [0, 0.05) is 5.75 Å². The molecule has 0 saturated heterocycles. The SMILES string of the molecule is CC(C)CC(NC(=O)C(CS)NC(=O)CNC(=O)C(N)CO)C(=O)O. The van der Waals surface area contributed by atoms with Crippen LogP contribution in [-0.4, -0.2) is 70.9 Å². The Hall–Kier alpha value is -1.85. The van der Waals surface area contributed by atoms with Crippen molar-refractivity contribution in [2.24, 2.45) is 11.7 Å². The molecule has 11 heteroatoms. The minimum Gasteiger partial charge on any atom is -0.480 e. The van der Waals surface area contributed by atoms with Crippen molar-refractivity contribution in [2.75, 3.05) is 18.9 Å². The number of carbonyl (C=O) groups excluding carboxylic acids is 3. The van der Waals surface area contributed by atoms with Gasteiger partial charge in [0.1, 0.15) is 18.1 Å². The molecule has 25 heavy (non-hydrogen) atoms. The monoisotopic (exact) mass is 378 g/mol. The van der Waals surface area contributed by atoms with E-state index in [9.17, 15) is 19.2 Å². The lowest BCUT2D eigenvalue weighted by Crippen LogP contribution is -2.54. The van der Waals surface area contributed by atoms with Crippen LogP contribution in [0.25, 0.3) is 0 Å². The maximum atomic E-state index is 12.1. The first-order chi connectivity index (χ1) is 11.6. The van der Waals surface area contributed by atoms with Crippen molar-refractivity contribution in [2.45, 2.75) is 38.4 Å². The molecule has 3 atom stereocenters. The Balaban J connectivity index is 4.60. The van der Waals surface area contributed by atoms with E-state index in [1.807, 2.05) is 13.8 Å². The Morgan fingerprint density at radius 1 is 1.08 bits per heavy atom. The molecule has 0 heterocycles. The van der Waals surface area contributed by atoms with Gasteiger partial charge in [-0.05, 0) is 12.3 Å². The van der Waals surface area contributed by atoms with E-state index in [-0.39, 0.29) is 18.1 Å². The second-order valence-corrected chi connectivity index (χ2v) is 6.20. The Labute approximate surface area is 151 Å². The quantitative estimate of drug-likeness (QED) is 0.194. The summed E-state index contributed by atoms with van der Waals surface area (Å²) < 4.78 is 0. The highest BCUT2D eigenvalue weighted by atomic mass is 32.1. The molecule has 0 bridgehead atoms. The predicted molar refractivity (Wildman–Crippen MR) is 92.9 cm³/mol. The molecule has 0 aliphatic rings. The zero-order valence-corrected chi connectivity index (χ0v) is 15.1. The minimum atomic E-state index is -1.17. The summed E-state index contributed by atoms with van der Waals surface area (Å²) in [6.45, 7) is 2.62. The van der Waals surface area contributed by atoms with Gasteiger partial charge in [0.25, 0.3) is 0 Å². The van der Waals surface area contributed by atoms with Gasteiger partial charge in [0.05, 0.1) is 13.2 Å². The Morgan fingerprint density at radius 3 is 2.12 bits per heavy atom. The molecule has 0 aromatic rings. The third kappa shape index (κ3) is 9.27. The number of aliphatic hydroxyl groups is 1. The third-order valence-corrected chi connectivity index (χ3v) is 3.48. The lowest BCUT2D eigenvalue weighted by molar-refractivity contribution is -0.142. The van der Waals surface area contributed by atoms with Crippen LogP contribution in [0.2, 0.25) is 0 Å². The van der Waals surface area contributed by atoms with Crippen LogP contribution in [0.1, 0.15) is 20.3 Å². The summed E-state index contributed by atoms with van der Waals surface area (Å²) in [6, 6.07) is -3.29. The fourth-order valence-electron chi connectivity index (χ4n) is 1.79. The molecule has 3 unspecified atom stereocenters. The van der Waals surface area contributed by atoms with Crippen molar-refractivity contribution in [3.05, 3.63) is 0 Å². The Bertz CT molecular complexity index is 488. The van der Waals surface area contributed by atoms with E-state index in [0.29, 0.717) is 0 Å². The number of hydrogen-bond acceptors (Lipinski definition) is 7. The van der Waals surface area contributed by atoms with Crippen LogP contribution in [0, 0.1) is 5.92 Å². The molecule has 0 aliphatic carbocycles. The van der Waals surface area contributed by atoms with Gasteiger partial charge >= 0.3 is 5.97 Å². The maximum absolute atomic E-state index is 12.1. The summed E-state index contributed by atoms with van der Waals surface area (Å²) in [5, 5.41) is 24.7. The number of carboxylic acid groups (broad SMARTS) is 1. The molecule has 0 aromatic heterocycles. The van der Waals surface area contributed by atoms with Gasteiger partial charge in [-0.1, -0.05) is 13.8 Å². The number of hydrogen-bond donors (Lipinski definition) is 7. The Morgan fingerprint density at radius 2 is 1.68 bits per heavy atom. The normalized spacial score (nSPS) is 14.3. The van der Waals surface area contributed by atoms with Crippen LogP contribution in [0.15, 0.2) is 0 Å². The largest absolute Gasteiger partial charge is 0.480 e. The number of amides is 3. The van der Waals surface area contributed by atoms with E-state index < -0.39 is 55.0 Å². The van der Waals surface area contributed by atoms with E-state index in [1.54, 1.807) is 0 Å². The molecule has 0 spiro atoms. The average molecular weight is 378 g/mol. The second-order valence-electron chi connectivity index (χ2n) is 5.84. The number of carboxylic acids is 1. The van der Waals surface area contributed by atoms with E-state index in [4.69, 9.17) is 15.9 Å². The van der Waals surface area contributed by atoms with Crippen molar-refractivity contribution in [1.82, 2.24) is 16.0 Å². The number of nitrogens with two attached hydrogens (primary N) is 1. The van der Waals surface area contributed by atoms with Gasteiger partial charge in [-0.15, -0.1) is 0 Å². The molecular weight excluding hydrogens is 352 g/mol. The molecule has 0 aromatic carbocycles. The number of nitrogens with one attached hydrogen (secondary N) is 3. The van der Waals surface area contributed by atoms with Crippen LogP contribution >= 0.6 is 12.6 Å². The predicted octanol–water partition coefficient (Wildman–Crippen LogP) is -2.55. The summed E-state index contributed by atoms with van der Waals surface area (Å²) in [6.07, 6.45) is 0.240. The van der Waals surface area contributed by atoms with E-state index in [1.165, 1.54) is 0 Å². The number of carbonyl (C=O) groups is 4. The fraction of sp³-hybridized carbons (Fsp3) is 0.714. The third-order valence-electron chi connectivity index (χ3n) is 3.11. The van der Waals surface area contributed by atoms with Crippen LogP contribution in [-0.2, 0) is 19.2 Å². The van der Waals surface area contributed by atoms with Crippen LogP contribution < -0.4 is 21.7 Å². The van der Waals surface area contributed by atoms with Crippen LogP contribution in [0.3, 0.4) is 0 Å². The van der Waals surface area contributed by atoms with Crippen molar-refractivity contribution in [3.63, 3.8) is 0 Å². The standard InChI is InChI=1S/C14H26N4O6S/c1-7(2)3-9(14(23)24)18-13(22)10(6-25)17-11(20)4-16-12(21)8(15)5-19/h7-10,19,25H,3-6,15H2,1-2H3,(H,16,21)(H,17,20)(H,18,22)(H,23,24). The molecule has 0 saturated carbocycles. The molecule has 0 aliphatic heterocycles. The van der Waals surface area contributed by atoms with Crippen molar-refractivity contribution in [1.29, 1.82) is 0 Å². The highest BCUT2D eigenvalue weighted by Crippen LogP contribution is 2.05. The van der Waals surface area contributed by atoms with Gasteiger partial charge in [0.15, 0.2) is 0 Å². The number of rotatable bonds is 11.